The van der Waals surface area contributed by atoms with Crippen molar-refractivity contribution in [3.8, 4) is 0 Å². The molecule has 1 atom stereocenters. The lowest BCUT2D eigenvalue weighted by molar-refractivity contribution is -0.125. The molecule has 0 saturated carbocycles. The van der Waals surface area contributed by atoms with E-state index in [1.807, 2.05) is 25.1 Å². The average Bonchev–Trinajstić information content (AvgIpc) is 3.06. The Balaban J connectivity index is 1.71. The fraction of sp³-hybridized carbons (Fsp3) is 0.333. The van der Waals surface area contributed by atoms with Crippen LogP contribution in [0.3, 0.4) is 0 Å². The maximum absolute atomic E-state index is 12.9. The van der Waals surface area contributed by atoms with E-state index in [4.69, 9.17) is 0 Å². The van der Waals surface area contributed by atoms with Gasteiger partial charge >= 0.3 is 0 Å². The number of hydrogen-bond donors (Lipinski definition) is 2. The lowest BCUT2D eigenvalue weighted by Crippen LogP contribution is -2.45. The van der Waals surface area contributed by atoms with Gasteiger partial charge in [0, 0.05) is 24.3 Å². The summed E-state index contributed by atoms with van der Waals surface area (Å²) in [7, 11) is 0. The van der Waals surface area contributed by atoms with E-state index < -0.39 is 6.04 Å². The first-order valence-corrected chi connectivity index (χ1v) is 10.2. The number of benzene rings is 2. The van der Waals surface area contributed by atoms with Crippen molar-refractivity contribution in [2.75, 3.05) is 5.32 Å². The third-order valence-corrected chi connectivity index (χ3v) is 5.35. The molecule has 152 valence electrons. The second kappa shape index (κ2) is 9.41. The van der Waals surface area contributed by atoms with Crippen LogP contribution in [0.2, 0.25) is 0 Å². The predicted molar refractivity (Wildman–Crippen MR) is 116 cm³/mol. The molecule has 0 saturated heterocycles. The number of aryl methyl sites for hydroxylation is 1. The molecule has 1 heterocycles. The lowest BCUT2D eigenvalue weighted by Gasteiger charge is -2.26. The Hall–Kier alpha value is -3.08. The third-order valence-electron chi connectivity index (χ3n) is 5.35. The average molecular weight is 392 g/mol. The molecule has 0 radical (unpaired) electrons. The van der Waals surface area contributed by atoms with Crippen LogP contribution >= 0.6 is 0 Å². The summed E-state index contributed by atoms with van der Waals surface area (Å²) in [5.41, 5.74) is 5.14. The molecule has 2 amide bonds. The molecule has 0 aromatic heterocycles. The van der Waals surface area contributed by atoms with E-state index in [0.717, 1.165) is 30.6 Å². The molecular formula is C24H29N3O2. The Kier molecular flexibility index (Phi) is 6.70. The van der Waals surface area contributed by atoms with E-state index in [1.54, 1.807) is 4.90 Å². The number of anilines is 1. The van der Waals surface area contributed by atoms with Gasteiger partial charge in [-0.15, -0.1) is 0 Å². The number of fused-ring (bicyclic) bond motifs is 1. The van der Waals surface area contributed by atoms with Gasteiger partial charge in [0.15, 0.2) is 0 Å². The Labute approximate surface area is 172 Å². The summed E-state index contributed by atoms with van der Waals surface area (Å²) in [5, 5.41) is 6.06. The Morgan fingerprint density at radius 2 is 1.90 bits per heavy atom. The maximum atomic E-state index is 12.9. The number of carbonyl (C=O) groups excluding carboxylic acids is 2. The number of nitrogens with zero attached hydrogens (tertiary/aromatic N) is 1. The van der Waals surface area contributed by atoms with E-state index in [0.29, 0.717) is 18.5 Å². The Morgan fingerprint density at radius 3 is 2.55 bits per heavy atom. The van der Waals surface area contributed by atoms with Crippen molar-refractivity contribution >= 4 is 17.5 Å². The van der Waals surface area contributed by atoms with Gasteiger partial charge in [0.05, 0.1) is 0 Å². The quantitative estimate of drug-likeness (QED) is 0.672. The van der Waals surface area contributed by atoms with Crippen molar-refractivity contribution in [2.24, 2.45) is 0 Å². The number of amides is 2. The van der Waals surface area contributed by atoms with Gasteiger partial charge in [-0.05, 0) is 53.9 Å². The summed E-state index contributed by atoms with van der Waals surface area (Å²) in [6, 6.07) is 13.9. The van der Waals surface area contributed by atoms with Crippen LogP contribution in [-0.2, 0) is 24.3 Å². The minimum absolute atomic E-state index is 0.0839. The van der Waals surface area contributed by atoms with Crippen LogP contribution in [0.1, 0.15) is 53.7 Å². The molecule has 0 aliphatic carbocycles. The van der Waals surface area contributed by atoms with Crippen molar-refractivity contribution < 1.29 is 9.59 Å². The van der Waals surface area contributed by atoms with Crippen molar-refractivity contribution in [3.63, 3.8) is 0 Å². The molecule has 2 N–H and O–H groups in total. The largest absolute Gasteiger partial charge is 0.381 e. The van der Waals surface area contributed by atoms with Crippen LogP contribution < -0.4 is 10.6 Å². The fourth-order valence-electron chi connectivity index (χ4n) is 3.70. The van der Waals surface area contributed by atoms with Gasteiger partial charge in [-0.3, -0.25) is 9.59 Å². The molecule has 1 aliphatic heterocycles. The van der Waals surface area contributed by atoms with Crippen LogP contribution in [-0.4, -0.2) is 22.8 Å². The second-order valence-electron chi connectivity index (χ2n) is 7.35. The number of carbonyl (C=O) groups is 2. The summed E-state index contributed by atoms with van der Waals surface area (Å²) >= 11 is 0. The molecule has 0 fully saturated rings. The van der Waals surface area contributed by atoms with E-state index in [9.17, 15) is 9.59 Å². The van der Waals surface area contributed by atoms with Gasteiger partial charge in [0.1, 0.15) is 6.04 Å². The molecular weight excluding hydrogens is 362 g/mol. The Bertz CT molecular complexity index is 889. The molecule has 1 aliphatic rings. The minimum Gasteiger partial charge on any atom is -0.381 e. The van der Waals surface area contributed by atoms with Crippen LogP contribution in [0.5, 0.6) is 0 Å². The van der Waals surface area contributed by atoms with Crippen molar-refractivity contribution in [1.29, 1.82) is 0 Å². The molecule has 5 heteroatoms. The second-order valence-corrected chi connectivity index (χ2v) is 7.35. The van der Waals surface area contributed by atoms with Gasteiger partial charge in [-0.1, -0.05) is 51.1 Å². The summed E-state index contributed by atoms with van der Waals surface area (Å²) in [4.78, 5) is 26.9. The first-order valence-electron chi connectivity index (χ1n) is 10.2. The predicted octanol–water partition coefficient (Wildman–Crippen LogP) is 4.25. The SMILES string of the molecule is C=CNC(=O)C(CCC)N1Cc2cc(NCc3ccc(CC)cc3)ccc2C1=O. The van der Waals surface area contributed by atoms with Crippen LogP contribution in [0.15, 0.2) is 55.2 Å². The van der Waals surface area contributed by atoms with E-state index in [-0.39, 0.29) is 11.8 Å². The number of hydrogen-bond acceptors (Lipinski definition) is 3. The Morgan fingerprint density at radius 1 is 1.17 bits per heavy atom. The molecule has 5 nitrogen and oxygen atoms in total. The lowest BCUT2D eigenvalue weighted by atomic mass is 10.1. The number of nitrogens with one attached hydrogen (secondary N) is 2. The zero-order valence-corrected chi connectivity index (χ0v) is 17.2. The van der Waals surface area contributed by atoms with Crippen LogP contribution in [0, 0.1) is 0 Å². The normalized spacial score (nSPS) is 13.7. The summed E-state index contributed by atoms with van der Waals surface area (Å²) in [6.45, 7) is 8.88. The van der Waals surface area contributed by atoms with Gasteiger partial charge in [-0.25, -0.2) is 0 Å². The van der Waals surface area contributed by atoms with Gasteiger partial charge < -0.3 is 15.5 Å². The van der Waals surface area contributed by atoms with E-state index >= 15 is 0 Å². The van der Waals surface area contributed by atoms with Crippen LogP contribution in [0.25, 0.3) is 0 Å². The maximum Gasteiger partial charge on any atom is 0.255 e. The van der Waals surface area contributed by atoms with Crippen molar-refractivity contribution in [2.45, 2.75) is 52.2 Å². The van der Waals surface area contributed by atoms with Gasteiger partial charge in [0.25, 0.3) is 5.91 Å². The highest BCUT2D eigenvalue weighted by molar-refractivity contribution is 6.01. The summed E-state index contributed by atoms with van der Waals surface area (Å²) < 4.78 is 0. The molecule has 3 rings (SSSR count). The monoisotopic (exact) mass is 391 g/mol. The third kappa shape index (κ3) is 4.67. The van der Waals surface area contributed by atoms with E-state index in [2.05, 4.69) is 48.4 Å². The highest BCUT2D eigenvalue weighted by Gasteiger charge is 2.35. The van der Waals surface area contributed by atoms with Gasteiger partial charge in [0.2, 0.25) is 5.91 Å². The minimum atomic E-state index is -0.480. The topological polar surface area (TPSA) is 61.4 Å². The molecule has 2 aromatic carbocycles. The van der Waals surface area contributed by atoms with Crippen LogP contribution in [0.4, 0.5) is 5.69 Å². The molecule has 0 spiro atoms. The van der Waals surface area contributed by atoms with E-state index in [1.165, 1.54) is 17.3 Å². The summed E-state index contributed by atoms with van der Waals surface area (Å²) in [6.07, 6.45) is 3.85. The molecule has 1 unspecified atom stereocenters. The molecule has 29 heavy (non-hydrogen) atoms. The highest BCUT2D eigenvalue weighted by atomic mass is 16.2. The first-order chi connectivity index (χ1) is 14.1. The smallest absolute Gasteiger partial charge is 0.255 e. The van der Waals surface area contributed by atoms with Gasteiger partial charge in [-0.2, -0.15) is 0 Å². The first kappa shape index (κ1) is 20.6. The van der Waals surface area contributed by atoms with Crippen molar-refractivity contribution in [1.82, 2.24) is 10.2 Å². The zero-order chi connectivity index (χ0) is 20.8. The highest BCUT2D eigenvalue weighted by Crippen LogP contribution is 2.29. The zero-order valence-electron chi connectivity index (χ0n) is 17.2. The fourth-order valence-corrected chi connectivity index (χ4v) is 3.70. The van der Waals surface area contributed by atoms with Crippen molar-refractivity contribution in [3.05, 3.63) is 77.5 Å². The molecule has 2 aromatic rings. The number of rotatable bonds is 9. The standard InChI is InChI=1S/C24H29N3O2/c1-4-7-22(23(28)25-6-3)27-16-19-14-20(12-13-21(19)24(27)29)26-15-18-10-8-17(5-2)9-11-18/h6,8-14,22,26H,3-5,7,15-16H2,1-2H3,(H,25,28). The summed E-state index contributed by atoms with van der Waals surface area (Å²) in [5.74, 6) is -0.267. The molecule has 0 bridgehead atoms.